The summed E-state index contributed by atoms with van der Waals surface area (Å²) < 4.78 is 11.0. The number of morpholine rings is 2. The zero-order chi connectivity index (χ0) is 17.2. The van der Waals surface area contributed by atoms with Gasteiger partial charge < -0.3 is 19.3 Å². The molecule has 0 spiro atoms. The van der Waals surface area contributed by atoms with Crippen molar-refractivity contribution in [3.8, 4) is 0 Å². The molecule has 1 unspecified atom stereocenters. The van der Waals surface area contributed by atoms with Crippen LogP contribution in [-0.2, 0) is 19.7 Å². The summed E-state index contributed by atoms with van der Waals surface area (Å²) in [4.78, 5) is 16.5. The van der Waals surface area contributed by atoms with Crippen molar-refractivity contribution < 1.29 is 14.3 Å². The Balaban J connectivity index is 1.65. The lowest BCUT2D eigenvalue weighted by molar-refractivity contribution is -0.148. The molecule has 7 nitrogen and oxygen atoms in total. The first-order chi connectivity index (χ1) is 11.4. The molecule has 2 aliphatic rings. The highest BCUT2D eigenvalue weighted by Crippen LogP contribution is 2.22. The van der Waals surface area contributed by atoms with Gasteiger partial charge >= 0.3 is 0 Å². The van der Waals surface area contributed by atoms with E-state index >= 15 is 0 Å². The van der Waals surface area contributed by atoms with Gasteiger partial charge in [0, 0.05) is 25.0 Å². The van der Waals surface area contributed by atoms with Gasteiger partial charge in [-0.15, -0.1) is 5.10 Å². The first-order valence-electron chi connectivity index (χ1n) is 8.52. The SMILES string of the molecule is CC(C)(C)c1ccc(N2CCOC(C(=O)N3CCOCC3)C2)nn1. The minimum atomic E-state index is -0.444. The summed E-state index contributed by atoms with van der Waals surface area (Å²) >= 11 is 0. The van der Waals surface area contributed by atoms with Gasteiger partial charge in [0.15, 0.2) is 11.9 Å². The van der Waals surface area contributed by atoms with E-state index in [2.05, 4.69) is 35.9 Å². The van der Waals surface area contributed by atoms with E-state index in [9.17, 15) is 4.79 Å². The predicted octanol–water partition coefficient (Wildman–Crippen LogP) is 0.838. The normalized spacial score (nSPS) is 22.5. The van der Waals surface area contributed by atoms with Gasteiger partial charge in [-0.2, -0.15) is 5.10 Å². The first-order valence-corrected chi connectivity index (χ1v) is 8.52. The fourth-order valence-electron chi connectivity index (χ4n) is 2.89. The van der Waals surface area contributed by atoms with Crippen molar-refractivity contribution in [2.24, 2.45) is 0 Å². The van der Waals surface area contributed by atoms with Gasteiger partial charge in [0.25, 0.3) is 5.91 Å². The molecule has 0 saturated carbocycles. The lowest BCUT2D eigenvalue weighted by atomic mass is 9.92. The third kappa shape index (κ3) is 3.84. The van der Waals surface area contributed by atoms with E-state index in [-0.39, 0.29) is 11.3 Å². The quantitative estimate of drug-likeness (QED) is 0.798. The smallest absolute Gasteiger partial charge is 0.253 e. The summed E-state index contributed by atoms with van der Waals surface area (Å²) in [6, 6.07) is 3.99. The average molecular weight is 334 g/mol. The van der Waals surface area contributed by atoms with Crippen LogP contribution in [0.15, 0.2) is 12.1 Å². The molecule has 1 amide bonds. The maximum atomic E-state index is 12.6. The molecule has 7 heteroatoms. The Morgan fingerprint density at radius 2 is 1.88 bits per heavy atom. The largest absolute Gasteiger partial charge is 0.378 e. The minimum Gasteiger partial charge on any atom is -0.378 e. The number of hydrogen-bond acceptors (Lipinski definition) is 6. The van der Waals surface area contributed by atoms with Crippen LogP contribution in [0.25, 0.3) is 0 Å². The third-order valence-electron chi connectivity index (χ3n) is 4.41. The molecular formula is C17H26N4O3. The Hall–Kier alpha value is -1.73. The van der Waals surface area contributed by atoms with Crippen LogP contribution in [0.2, 0.25) is 0 Å². The van der Waals surface area contributed by atoms with E-state index in [0.717, 1.165) is 18.1 Å². The molecule has 132 valence electrons. The molecule has 3 rings (SSSR count). The van der Waals surface area contributed by atoms with Gasteiger partial charge in [0.1, 0.15) is 0 Å². The van der Waals surface area contributed by atoms with Crippen molar-refractivity contribution in [3.63, 3.8) is 0 Å². The van der Waals surface area contributed by atoms with Gasteiger partial charge in [-0.3, -0.25) is 4.79 Å². The highest BCUT2D eigenvalue weighted by atomic mass is 16.5. The fourth-order valence-corrected chi connectivity index (χ4v) is 2.89. The molecule has 24 heavy (non-hydrogen) atoms. The molecule has 0 aliphatic carbocycles. The Morgan fingerprint density at radius 1 is 1.12 bits per heavy atom. The van der Waals surface area contributed by atoms with Crippen LogP contribution >= 0.6 is 0 Å². The van der Waals surface area contributed by atoms with Crippen LogP contribution in [0, 0.1) is 0 Å². The molecular weight excluding hydrogens is 308 g/mol. The van der Waals surface area contributed by atoms with Crippen LogP contribution in [0.3, 0.4) is 0 Å². The number of amides is 1. The monoisotopic (exact) mass is 334 g/mol. The number of ether oxygens (including phenoxy) is 2. The van der Waals surface area contributed by atoms with Crippen LogP contribution in [0.5, 0.6) is 0 Å². The molecule has 1 aromatic rings. The van der Waals surface area contributed by atoms with Gasteiger partial charge in [-0.25, -0.2) is 0 Å². The third-order valence-corrected chi connectivity index (χ3v) is 4.41. The fraction of sp³-hybridized carbons (Fsp3) is 0.706. The van der Waals surface area contributed by atoms with Crippen molar-refractivity contribution in [1.82, 2.24) is 15.1 Å². The summed E-state index contributed by atoms with van der Waals surface area (Å²) in [6.07, 6.45) is -0.444. The molecule has 2 saturated heterocycles. The minimum absolute atomic E-state index is 0.0224. The number of nitrogens with zero attached hydrogens (tertiary/aromatic N) is 4. The number of carbonyl (C=O) groups is 1. The summed E-state index contributed by atoms with van der Waals surface area (Å²) in [5, 5.41) is 8.69. The molecule has 0 bridgehead atoms. The Morgan fingerprint density at radius 3 is 2.50 bits per heavy atom. The molecule has 2 aliphatic heterocycles. The van der Waals surface area contributed by atoms with E-state index < -0.39 is 6.10 Å². The molecule has 0 N–H and O–H groups in total. The molecule has 2 fully saturated rings. The summed E-state index contributed by atoms with van der Waals surface area (Å²) in [6.45, 7) is 10.6. The highest BCUT2D eigenvalue weighted by molar-refractivity contribution is 5.82. The lowest BCUT2D eigenvalue weighted by Crippen LogP contribution is -2.53. The predicted molar refractivity (Wildman–Crippen MR) is 90.1 cm³/mol. The second kappa shape index (κ2) is 7.03. The maximum absolute atomic E-state index is 12.6. The maximum Gasteiger partial charge on any atom is 0.253 e. The summed E-state index contributed by atoms with van der Waals surface area (Å²) in [7, 11) is 0. The summed E-state index contributed by atoms with van der Waals surface area (Å²) in [5.74, 6) is 0.841. The van der Waals surface area contributed by atoms with E-state index in [1.165, 1.54) is 0 Å². The second-order valence-corrected chi connectivity index (χ2v) is 7.27. The second-order valence-electron chi connectivity index (χ2n) is 7.27. The van der Waals surface area contributed by atoms with Crippen molar-refractivity contribution in [3.05, 3.63) is 17.8 Å². The highest BCUT2D eigenvalue weighted by Gasteiger charge is 2.31. The molecule has 3 heterocycles. The van der Waals surface area contributed by atoms with Crippen molar-refractivity contribution in [2.45, 2.75) is 32.3 Å². The average Bonchev–Trinajstić information content (AvgIpc) is 2.61. The number of anilines is 1. The van der Waals surface area contributed by atoms with Crippen LogP contribution < -0.4 is 4.90 Å². The van der Waals surface area contributed by atoms with E-state index in [1.54, 1.807) is 0 Å². The molecule has 0 aromatic carbocycles. The topological polar surface area (TPSA) is 67.8 Å². The van der Waals surface area contributed by atoms with E-state index in [0.29, 0.717) is 39.5 Å². The number of rotatable bonds is 2. The van der Waals surface area contributed by atoms with E-state index in [1.807, 2.05) is 17.0 Å². The van der Waals surface area contributed by atoms with Crippen LogP contribution in [0.1, 0.15) is 26.5 Å². The Bertz CT molecular complexity index is 564. The molecule has 0 radical (unpaired) electrons. The van der Waals surface area contributed by atoms with Gasteiger partial charge in [-0.1, -0.05) is 20.8 Å². The zero-order valence-corrected chi connectivity index (χ0v) is 14.7. The summed E-state index contributed by atoms with van der Waals surface area (Å²) in [5.41, 5.74) is 0.936. The first kappa shape index (κ1) is 17.1. The van der Waals surface area contributed by atoms with Crippen molar-refractivity contribution >= 4 is 11.7 Å². The number of aromatic nitrogens is 2. The van der Waals surface area contributed by atoms with Crippen LogP contribution in [0.4, 0.5) is 5.82 Å². The van der Waals surface area contributed by atoms with E-state index in [4.69, 9.17) is 9.47 Å². The Kier molecular flexibility index (Phi) is 5.01. The van der Waals surface area contributed by atoms with Crippen molar-refractivity contribution in [2.75, 3.05) is 50.9 Å². The molecule has 1 aromatic heterocycles. The lowest BCUT2D eigenvalue weighted by Gasteiger charge is -2.36. The molecule has 1 atom stereocenters. The Labute approximate surface area is 142 Å². The standard InChI is InChI=1S/C17H26N4O3/c1-17(2,3)14-4-5-15(19-18-14)21-8-11-24-13(12-21)16(22)20-6-9-23-10-7-20/h4-5,13H,6-12H2,1-3H3. The number of hydrogen-bond donors (Lipinski definition) is 0. The van der Waals surface area contributed by atoms with Crippen LogP contribution in [-0.4, -0.2) is 73.1 Å². The van der Waals surface area contributed by atoms with Gasteiger partial charge in [0.05, 0.1) is 32.1 Å². The number of carbonyl (C=O) groups excluding carboxylic acids is 1. The van der Waals surface area contributed by atoms with Crippen molar-refractivity contribution in [1.29, 1.82) is 0 Å². The zero-order valence-electron chi connectivity index (χ0n) is 14.7. The van der Waals surface area contributed by atoms with Gasteiger partial charge in [-0.05, 0) is 12.1 Å². The van der Waals surface area contributed by atoms with Gasteiger partial charge in [0.2, 0.25) is 0 Å².